The molecule has 0 fully saturated rings. The average Bonchev–Trinajstić information content (AvgIpc) is 2.43. The van der Waals surface area contributed by atoms with Crippen LogP contribution < -0.4 is 15.8 Å². The molecule has 4 N–H and O–H groups in total. The third-order valence-corrected chi connectivity index (χ3v) is 3.27. The van der Waals surface area contributed by atoms with E-state index in [9.17, 15) is 9.59 Å². The minimum Gasteiger partial charge on any atom is -0.497 e. The number of rotatable bonds is 6. The molecule has 1 rings (SSSR count). The van der Waals surface area contributed by atoms with Gasteiger partial charge in [0.15, 0.2) is 0 Å². The fraction of sp³-hybridized carbons (Fsp3) is 0.429. The predicted octanol–water partition coefficient (Wildman–Crippen LogP) is 1.51. The minimum absolute atomic E-state index is 0.170. The SMILES string of the molecule is CCC(C)C(NC(=O)c1ccc(OC)cc1N)C(=O)O. The van der Waals surface area contributed by atoms with Crippen molar-refractivity contribution in [1.29, 1.82) is 0 Å². The van der Waals surface area contributed by atoms with Crippen LogP contribution in [0.4, 0.5) is 5.69 Å². The summed E-state index contributed by atoms with van der Waals surface area (Å²) < 4.78 is 5.00. The minimum atomic E-state index is -1.06. The maximum atomic E-state index is 12.1. The lowest BCUT2D eigenvalue weighted by molar-refractivity contribution is -0.140. The monoisotopic (exact) mass is 280 g/mol. The summed E-state index contributed by atoms with van der Waals surface area (Å²) >= 11 is 0. The van der Waals surface area contributed by atoms with Gasteiger partial charge >= 0.3 is 5.97 Å². The number of benzene rings is 1. The molecule has 6 heteroatoms. The van der Waals surface area contributed by atoms with Crippen molar-refractivity contribution < 1.29 is 19.4 Å². The Hall–Kier alpha value is -2.24. The number of carbonyl (C=O) groups is 2. The van der Waals surface area contributed by atoms with Gasteiger partial charge < -0.3 is 20.9 Å². The average molecular weight is 280 g/mol. The summed E-state index contributed by atoms with van der Waals surface area (Å²) in [6, 6.07) is 3.70. The second kappa shape index (κ2) is 6.79. The van der Waals surface area contributed by atoms with Gasteiger partial charge in [-0.2, -0.15) is 0 Å². The van der Waals surface area contributed by atoms with Gasteiger partial charge in [0.2, 0.25) is 0 Å². The lowest BCUT2D eigenvalue weighted by Crippen LogP contribution is -2.45. The van der Waals surface area contributed by atoms with Crippen LogP contribution in [0.2, 0.25) is 0 Å². The number of carbonyl (C=O) groups excluding carboxylic acids is 1. The van der Waals surface area contributed by atoms with Crippen molar-refractivity contribution >= 4 is 17.6 Å². The van der Waals surface area contributed by atoms with Crippen LogP contribution in [0.25, 0.3) is 0 Å². The first-order valence-corrected chi connectivity index (χ1v) is 6.37. The Balaban J connectivity index is 2.92. The van der Waals surface area contributed by atoms with Gasteiger partial charge in [-0.05, 0) is 18.1 Å². The number of ether oxygens (including phenoxy) is 1. The maximum Gasteiger partial charge on any atom is 0.326 e. The van der Waals surface area contributed by atoms with Crippen LogP contribution in [0.1, 0.15) is 30.6 Å². The molecule has 0 saturated heterocycles. The molecule has 110 valence electrons. The largest absolute Gasteiger partial charge is 0.497 e. The molecule has 2 atom stereocenters. The summed E-state index contributed by atoms with van der Waals surface area (Å²) in [6.45, 7) is 3.64. The van der Waals surface area contributed by atoms with Crippen molar-refractivity contribution in [2.24, 2.45) is 5.92 Å². The summed E-state index contributed by atoms with van der Waals surface area (Å²) in [7, 11) is 1.50. The summed E-state index contributed by atoms with van der Waals surface area (Å²) in [5, 5.41) is 11.7. The third kappa shape index (κ3) is 3.63. The molecular weight excluding hydrogens is 260 g/mol. The maximum absolute atomic E-state index is 12.1. The van der Waals surface area contributed by atoms with E-state index in [4.69, 9.17) is 15.6 Å². The molecule has 2 unspecified atom stereocenters. The van der Waals surface area contributed by atoms with Gasteiger partial charge in [-0.3, -0.25) is 4.79 Å². The normalized spacial score (nSPS) is 13.3. The molecule has 0 spiro atoms. The van der Waals surface area contributed by atoms with Crippen molar-refractivity contribution in [3.05, 3.63) is 23.8 Å². The summed E-state index contributed by atoms with van der Waals surface area (Å²) in [6.07, 6.45) is 0.648. The van der Waals surface area contributed by atoms with Gasteiger partial charge in [0.1, 0.15) is 11.8 Å². The van der Waals surface area contributed by atoms with Crippen LogP contribution in [0.5, 0.6) is 5.75 Å². The van der Waals surface area contributed by atoms with Crippen LogP contribution >= 0.6 is 0 Å². The fourth-order valence-electron chi connectivity index (χ4n) is 1.78. The van der Waals surface area contributed by atoms with Crippen LogP contribution in [0.15, 0.2) is 18.2 Å². The van der Waals surface area contributed by atoms with Gasteiger partial charge in [0, 0.05) is 11.8 Å². The number of carboxylic acids is 1. The molecule has 0 heterocycles. The molecule has 0 radical (unpaired) electrons. The number of nitrogens with two attached hydrogens (primary N) is 1. The second-order valence-electron chi connectivity index (χ2n) is 4.63. The number of methoxy groups -OCH3 is 1. The number of amides is 1. The molecule has 1 aromatic rings. The molecule has 1 amide bonds. The topological polar surface area (TPSA) is 102 Å². The standard InChI is InChI=1S/C14H20N2O4/c1-4-8(2)12(14(18)19)16-13(17)10-6-5-9(20-3)7-11(10)15/h5-8,12H,4,15H2,1-3H3,(H,16,17)(H,18,19). The Labute approximate surface area is 117 Å². The molecule has 0 aromatic heterocycles. The van der Waals surface area contributed by atoms with E-state index in [1.165, 1.54) is 19.2 Å². The lowest BCUT2D eigenvalue weighted by atomic mass is 9.99. The highest BCUT2D eigenvalue weighted by molar-refractivity contribution is 6.01. The number of hydrogen-bond acceptors (Lipinski definition) is 4. The Morgan fingerprint density at radius 3 is 2.55 bits per heavy atom. The van der Waals surface area contributed by atoms with Crippen molar-refractivity contribution in [2.45, 2.75) is 26.3 Å². The number of hydrogen-bond donors (Lipinski definition) is 3. The van der Waals surface area contributed by atoms with E-state index >= 15 is 0 Å². The molecule has 1 aromatic carbocycles. The zero-order valence-electron chi connectivity index (χ0n) is 11.8. The van der Waals surface area contributed by atoms with Crippen molar-refractivity contribution in [3.8, 4) is 5.75 Å². The Kier molecular flexibility index (Phi) is 5.37. The van der Waals surface area contributed by atoms with Crippen molar-refractivity contribution in [3.63, 3.8) is 0 Å². The number of anilines is 1. The highest BCUT2D eigenvalue weighted by Gasteiger charge is 2.26. The third-order valence-electron chi connectivity index (χ3n) is 3.27. The molecule has 0 aliphatic heterocycles. The van der Waals surface area contributed by atoms with Gasteiger partial charge in [0.05, 0.1) is 12.7 Å². The van der Waals surface area contributed by atoms with Crippen LogP contribution in [0, 0.1) is 5.92 Å². The number of carboxylic acid groups (broad SMARTS) is 1. The van der Waals surface area contributed by atoms with Gasteiger partial charge in [-0.25, -0.2) is 4.79 Å². The molecule has 20 heavy (non-hydrogen) atoms. The zero-order chi connectivity index (χ0) is 15.3. The van der Waals surface area contributed by atoms with Gasteiger partial charge in [0.25, 0.3) is 5.91 Å². The molecule has 6 nitrogen and oxygen atoms in total. The summed E-state index contributed by atoms with van der Waals surface area (Å²) in [5.74, 6) is -1.19. The number of nitrogen functional groups attached to an aromatic ring is 1. The Bertz CT molecular complexity index is 502. The van der Waals surface area contributed by atoms with Gasteiger partial charge in [-0.1, -0.05) is 20.3 Å². The first kappa shape index (κ1) is 15.8. The smallest absolute Gasteiger partial charge is 0.326 e. The Morgan fingerprint density at radius 1 is 1.45 bits per heavy atom. The van der Waals surface area contributed by atoms with Crippen LogP contribution in [-0.4, -0.2) is 30.1 Å². The molecule has 0 aliphatic carbocycles. The molecule has 0 saturated carbocycles. The van der Waals surface area contributed by atoms with E-state index in [1.54, 1.807) is 13.0 Å². The summed E-state index contributed by atoms with van der Waals surface area (Å²) in [4.78, 5) is 23.3. The van der Waals surface area contributed by atoms with Crippen LogP contribution in [0.3, 0.4) is 0 Å². The zero-order valence-corrected chi connectivity index (χ0v) is 11.8. The second-order valence-corrected chi connectivity index (χ2v) is 4.63. The number of aliphatic carboxylic acids is 1. The fourth-order valence-corrected chi connectivity index (χ4v) is 1.78. The van der Waals surface area contributed by atoms with E-state index in [0.29, 0.717) is 12.2 Å². The van der Waals surface area contributed by atoms with Gasteiger partial charge in [-0.15, -0.1) is 0 Å². The molecular formula is C14H20N2O4. The highest BCUT2D eigenvalue weighted by Crippen LogP contribution is 2.20. The van der Waals surface area contributed by atoms with E-state index in [1.807, 2.05) is 6.92 Å². The Morgan fingerprint density at radius 2 is 2.10 bits per heavy atom. The van der Waals surface area contributed by atoms with E-state index in [2.05, 4.69) is 5.32 Å². The van der Waals surface area contributed by atoms with Crippen molar-refractivity contribution in [2.75, 3.05) is 12.8 Å². The molecule has 0 bridgehead atoms. The lowest BCUT2D eigenvalue weighted by Gasteiger charge is -2.20. The number of nitrogens with one attached hydrogen (secondary N) is 1. The van der Waals surface area contributed by atoms with E-state index < -0.39 is 17.9 Å². The van der Waals surface area contributed by atoms with Crippen molar-refractivity contribution in [1.82, 2.24) is 5.32 Å². The van der Waals surface area contributed by atoms with Crippen LogP contribution in [-0.2, 0) is 4.79 Å². The first-order chi connectivity index (χ1) is 9.40. The van der Waals surface area contributed by atoms with E-state index in [0.717, 1.165) is 0 Å². The van der Waals surface area contributed by atoms with E-state index in [-0.39, 0.29) is 17.2 Å². The first-order valence-electron chi connectivity index (χ1n) is 6.37. The summed E-state index contributed by atoms with van der Waals surface area (Å²) in [5.41, 5.74) is 6.25. The molecule has 0 aliphatic rings. The highest BCUT2D eigenvalue weighted by atomic mass is 16.5. The predicted molar refractivity (Wildman–Crippen MR) is 75.8 cm³/mol. The quantitative estimate of drug-likeness (QED) is 0.685.